The van der Waals surface area contributed by atoms with Crippen molar-refractivity contribution in [2.75, 3.05) is 0 Å². The van der Waals surface area contributed by atoms with E-state index in [9.17, 15) is 35.1 Å². The van der Waals surface area contributed by atoms with Crippen molar-refractivity contribution in [2.24, 2.45) is 0 Å². The lowest BCUT2D eigenvalue weighted by atomic mass is 10.3. The molecule has 0 aliphatic rings. The van der Waals surface area contributed by atoms with Crippen LogP contribution in [0.2, 0.25) is 0 Å². The fourth-order valence-electron chi connectivity index (χ4n) is 1.88. The Labute approximate surface area is 198 Å². The van der Waals surface area contributed by atoms with E-state index in [1.165, 1.54) is 0 Å². The lowest BCUT2D eigenvalue weighted by Gasteiger charge is -2.09. The number of hydrogen-bond donors (Lipinski definition) is 0. The Balaban J connectivity index is 0.000000258. The Hall–Kier alpha value is -1.82. The molecule has 0 aliphatic heterocycles. The number of alkyl halides is 6. The molecule has 1 aromatic carbocycles. The second kappa shape index (κ2) is 10.4. The summed E-state index contributed by atoms with van der Waals surface area (Å²) in [5.74, 6) is -3.11. The zero-order chi connectivity index (χ0) is 24.3. The maximum atomic E-state index is 13.4. The molecule has 176 valence electrons. The quantitative estimate of drug-likeness (QED) is 0.318. The van der Waals surface area contributed by atoms with E-state index in [0.717, 1.165) is 18.2 Å². The summed E-state index contributed by atoms with van der Waals surface area (Å²) in [6, 6.07) is 2.43. The van der Waals surface area contributed by atoms with E-state index in [-0.39, 0.29) is 14.2 Å². The molecule has 0 bridgehead atoms. The first-order valence-electron chi connectivity index (χ1n) is 7.76. The number of rotatable bonds is 4. The molecule has 0 atom stereocenters. The predicted octanol–water partition coefficient (Wildman–Crippen LogP) is 6.04. The summed E-state index contributed by atoms with van der Waals surface area (Å²) < 4.78 is 105. The van der Waals surface area contributed by atoms with E-state index in [1.807, 2.05) is 0 Å². The molecule has 0 fully saturated rings. The first-order chi connectivity index (χ1) is 14.6. The normalized spacial score (nSPS) is 11.8. The van der Waals surface area contributed by atoms with Crippen LogP contribution in [0, 0.1) is 11.6 Å². The number of hydrogen-bond acceptors (Lipinski definition) is 5. The van der Waals surface area contributed by atoms with Gasteiger partial charge in [-0.25, -0.2) is 13.8 Å². The van der Waals surface area contributed by atoms with Crippen molar-refractivity contribution < 1.29 is 39.9 Å². The van der Waals surface area contributed by atoms with Crippen LogP contribution in [-0.2, 0) is 13.1 Å². The molecule has 0 aliphatic carbocycles. The van der Waals surface area contributed by atoms with Crippen LogP contribution >= 0.6 is 47.8 Å². The van der Waals surface area contributed by atoms with E-state index in [0.29, 0.717) is 9.36 Å². The van der Waals surface area contributed by atoms with Crippen LogP contribution in [-0.4, -0.2) is 41.9 Å². The number of nitrogens with zero attached hydrogens (tertiary/aromatic N) is 6. The molecular formula is C14H7Br3F8N6O. The molecule has 7 nitrogen and oxygen atoms in total. The molecule has 2 heterocycles. The van der Waals surface area contributed by atoms with Crippen LogP contribution in [0.1, 0.15) is 0 Å². The fraction of sp³-hybridized carbons (Fsp3) is 0.286. The van der Waals surface area contributed by atoms with Crippen LogP contribution in [0.4, 0.5) is 35.1 Å². The first-order valence-corrected chi connectivity index (χ1v) is 10.1. The van der Waals surface area contributed by atoms with Crippen molar-refractivity contribution in [1.82, 2.24) is 29.5 Å². The van der Waals surface area contributed by atoms with Gasteiger partial charge in [0.1, 0.15) is 13.1 Å². The van der Waals surface area contributed by atoms with Crippen molar-refractivity contribution in [3.8, 4) is 11.8 Å². The minimum atomic E-state index is -4.56. The van der Waals surface area contributed by atoms with E-state index >= 15 is 0 Å². The smallest absolute Gasteiger partial charge is 0.408 e. The Bertz CT molecular complexity index is 1070. The van der Waals surface area contributed by atoms with E-state index in [2.05, 4.69) is 68.0 Å². The summed E-state index contributed by atoms with van der Waals surface area (Å²) in [7, 11) is 0. The van der Waals surface area contributed by atoms with Crippen molar-refractivity contribution in [2.45, 2.75) is 25.4 Å². The van der Waals surface area contributed by atoms with Gasteiger partial charge in [0.05, 0.1) is 0 Å². The first kappa shape index (κ1) is 26.4. The molecule has 3 aromatic rings. The molecule has 0 saturated carbocycles. The summed E-state index contributed by atoms with van der Waals surface area (Å²) in [4.78, 5) is 7.10. The highest BCUT2D eigenvalue weighted by Crippen LogP contribution is 2.28. The maximum absolute atomic E-state index is 13.4. The molecule has 3 rings (SSSR count). The fourth-order valence-corrected chi connectivity index (χ4v) is 3.19. The van der Waals surface area contributed by atoms with Crippen molar-refractivity contribution in [1.29, 1.82) is 0 Å². The summed E-state index contributed by atoms with van der Waals surface area (Å²) >= 11 is 8.46. The molecule has 0 unspecified atom stereocenters. The van der Waals surface area contributed by atoms with Crippen LogP contribution < -0.4 is 4.74 Å². The zero-order valence-corrected chi connectivity index (χ0v) is 19.7. The molecule has 32 heavy (non-hydrogen) atoms. The average molecular weight is 667 g/mol. The van der Waals surface area contributed by atoms with Gasteiger partial charge < -0.3 is 4.74 Å². The average Bonchev–Trinajstić information content (AvgIpc) is 3.10. The third-order valence-corrected chi connectivity index (χ3v) is 4.25. The Morgan fingerprint density at radius 2 is 1.34 bits per heavy atom. The number of halogens is 11. The van der Waals surface area contributed by atoms with E-state index in [1.54, 1.807) is 0 Å². The highest BCUT2D eigenvalue weighted by atomic mass is 79.9. The third kappa shape index (κ3) is 8.27. The Morgan fingerprint density at radius 3 is 1.88 bits per heavy atom. The van der Waals surface area contributed by atoms with Gasteiger partial charge in [0, 0.05) is 0 Å². The highest BCUT2D eigenvalue weighted by Gasteiger charge is 2.31. The second-order valence-electron chi connectivity index (χ2n) is 5.51. The van der Waals surface area contributed by atoms with E-state index < -0.39 is 48.8 Å². The summed E-state index contributed by atoms with van der Waals surface area (Å²) in [5.41, 5.74) is 0. The monoisotopic (exact) mass is 664 g/mol. The van der Waals surface area contributed by atoms with Gasteiger partial charge >= 0.3 is 18.4 Å². The molecule has 0 radical (unpaired) electrons. The van der Waals surface area contributed by atoms with Crippen molar-refractivity contribution in [3.63, 3.8) is 0 Å². The predicted molar refractivity (Wildman–Crippen MR) is 102 cm³/mol. The number of aromatic nitrogens is 6. The van der Waals surface area contributed by atoms with Crippen LogP contribution in [0.3, 0.4) is 0 Å². The molecule has 0 saturated heterocycles. The standard InChI is InChI=1S/C10H5BrF5N3O.C4H2Br2F3N3/c11-8-17-9(19(18-8)4-10(14,15)16)20-6-3-1-2-5(12)7(6)13;5-2-10-3(6)12(11-2)1-4(7,8)9/h1-3H,4H2;1H2. The lowest BCUT2D eigenvalue weighted by molar-refractivity contribution is -0.144. The van der Waals surface area contributed by atoms with Crippen LogP contribution in [0.25, 0.3) is 0 Å². The highest BCUT2D eigenvalue weighted by molar-refractivity contribution is 9.11. The van der Waals surface area contributed by atoms with Gasteiger partial charge in [0.15, 0.2) is 16.3 Å². The van der Waals surface area contributed by atoms with Crippen molar-refractivity contribution in [3.05, 3.63) is 44.0 Å². The molecular weight excluding hydrogens is 660 g/mol. The summed E-state index contributed by atoms with van der Waals surface area (Å²) in [6.07, 6.45) is -8.85. The van der Waals surface area contributed by atoms with Gasteiger partial charge in [-0.2, -0.15) is 40.7 Å². The maximum Gasteiger partial charge on any atom is 0.408 e. The molecule has 2 aromatic heterocycles. The van der Waals surface area contributed by atoms with Crippen LogP contribution in [0.15, 0.2) is 32.4 Å². The van der Waals surface area contributed by atoms with Gasteiger partial charge in [-0.1, -0.05) is 6.07 Å². The molecule has 18 heteroatoms. The lowest BCUT2D eigenvalue weighted by Crippen LogP contribution is -2.19. The van der Waals surface area contributed by atoms with E-state index in [4.69, 9.17) is 4.74 Å². The third-order valence-electron chi connectivity index (χ3n) is 2.99. The summed E-state index contributed by atoms with van der Waals surface area (Å²) in [5, 5.41) is 6.86. The van der Waals surface area contributed by atoms with Gasteiger partial charge in [0.25, 0.3) is 0 Å². The largest absolute Gasteiger partial charge is 0.421 e. The minimum Gasteiger partial charge on any atom is -0.421 e. The van der Waals surface area contributed by atoms with Crippen molar-refractivity contribution >= 4 is 47.8 Å². The molecule has 0 spiro atoms. The van der Waals surface area contributed by atoms with Gasteiger partial charge in [-0.3, -0.25) is 0 Å². The van der Waals surface area contributed by atoms with Crippen LogP contribution in [0.5, 0.6) is 11.8 Å². The van der Waals surface area contributed by atoms with Gasteiger partial charge in [-0.05, 0) is 59.9 Å². The number of benzene rings is 1. The molecule has 0 N–H and O–H groups in total. The summed E-state index contributed by atoms with van der Waals surface area (Å²) in [6.45, 7) is -2.62. The van der Waals surface area contributed by atoms with Gasteiger partial charge in [-0.15, -0.1) is 10.2 Å². The Kier molecular flexibility index (Phi) is 8.60. The topological polar surface area (TPSA) is 70.7 Å². The Morgan fingerprint density at radius 1 is 0.812 bits per heavy atom. The SMILES string of the molecule is FC(F)(F)Cn1nc(Br)nc1Br.Fc1cccc(Oc2nc(Br)nn2CC(F)(F)F)c1F. The number of ether oxygens (including phenoxy) is 1. The van der Waals surface area contributed by atoms with Gasteiger partial charge in [0.2, 0.25) is 15.3 Å². The zero-order valence-electron chi connectivity index (χ0n) is 14.9. The minimum absolute atomic E-state index is 0.0479. The molecule has 0 amide bonds. The second-order valence-corrected chi connectivity index (χ2v) is 7.64.